The van der Waals surface area contributed by atoms with Gasteiger partial charge in [-0.1, -0.05) is 0 Å². The Bertz CT molecular complexity index is 693. The van der Waals surface area contributed by atoms with Crippen molar-refractivity contribution in [2.75, 3.05) is 11.5 Å². The summed E-state index contributed by atoms with van der Waals surface area (Å²) in [5, 5.41) is 5.42. The van der Waals surface area contributed by atoms with E-state index in [0.717, 1.165) is 11.1 Å². The third kappa shape index (κ3) is 2.80. The largest absolute Gasteiger partial charge is 0.306 e. The molecule has 102 valence electrons. The molecule has 19 heavy (non-hydrogen) atoms. The van der Waals surface area contributed by atoms with E-state index in [-0.39, 0.29) is 17.8 Å². The zero-order valence-corrected chi connectivity index (χ0v) is 12.3. The average Bonchev–Trinajstić information content (AvgIpc) is 2.94. The molecule has 1 N–H and O–H groups in total. The van der Waals surface area contributed by atoms with E-state index in [9.17, 15) is 8.42 Å². The Morgan fingerprint density at radius 3 is 3.11 bits per heavy atom. The molecule has 0 aromatic carbocycles. The zero-order chi connectivity index (χ0) is 13.5. The third-order valence-corrected chi connectivity index (χ3v) is 6.16. The van der Waals surface area contributed by atoms with Crippen molar-refractivity contribution < 1.29 is 8.42 Å². The van der Waals surface area contributed by atoms with Crippen LogP contribution in [-0.4, -0.2) is 30.9 Å². The SMILES string of the molecule is CC(NC1CCS(=O)(=O)C1)c1cnc2ccsc2c1. The first-order chi connectivity index (χ1) is 9.03. The van der Waals surface area contributed by atoms with Crippen LogP contribution >= 0.6 is 11.3 Å². The summed E-state index contributed by atoms with van der Waals surface area (Å²) < 4.78 is 24.1. The molecule has 0 radical (unpaired) electrons. The fraction of sp³-hybridized carbons (Fsp3) is 0.462. The van der Waals surface area contributed by atoms with Gasteiger partial charge in [0.1, 0.15) is 0 Å². The molecule has 1 saturated heterocycles. The lowest BCUT2D eigenvalue weighted by atomic mass is 10.1. The highest BCUT2D eigenvalue weighted by Gasteiger charge is 2.28. The third-order valence-electron chi connectivity index (χ3n) is 3.54. The van der Waals surface area contributed by atoms with E-state index in [4.69, 9.17) is 0 Å². The Balaban J connectivity index is 1.74. The lowest BCUT2D eigenvalue weighted by molar-refractivity contribution is 0.484. The summed E-state index contributed by atoms with van der Waals surface area (Å²) >= 11 is 1.68. The van der Waals surface area contributed by atoms with Gasteiger partial charge in [0.25, 0.3) is 0 Å². The summed E-state index contributed by atoms with van der Waals surface area (Å²) in [4.78, 5) is 4.42. The van der Waals surface area contributed by atoms with Gasteiger partial charge in [-0.15, -0.1) is 11.3 Å². The molecule has 2 unspecified atom stereocenters. The quantitative estimate of drug-likeness (QED) is 0.942. The highest BCUT2D eigenvalue weighted by molar-refractivity contribution is 7.91. The fourth-order valence-electron chi connectivity index (χ4n) is 2.47. The van der Waals surface area contributed by atoms with Gasteiger partial charge < -0.3 is 5.32 Å². The van der Waals surface area contributed by atoms with Crippen molar-refractivity contribution in [1.82, 2.24) is 10.3 Å². The van der Waals surface area contributed by atoms with Crippen molar-refractivity contribution in [1.29, 1.82) is 0 Å². The molecule has 2 atom stereocenters. The second-order valence-corrected chi connectivity index (χ2v) is 8.24. The maximum absolute atomic E-state index is 11.4. The number of sulfone groups is 1. The molecule has 0 saturated carbocycles. The van der Waals surface area contributed by atoms with Crippen LogP contribution in [0.2, 0.25) is 0 Å². The van der Waals surface area contributed by atoms with Crippen LogP contribution < -0.4 is 5.32 Å². The van der Waals surface area contributed by atoms with Crippen molar-refractivity contribution in [3.8, 4) is 0 Å². The van der Waals surface area contributed by atoms with Crippen molar-refractivity contribution in [3.63, 3.8) is 0 Å². The Labute approximate surface area is 116 Å². The minimum absolute atomic E-state index is 0.0685. The van der Waals surface area contributed by atoms with Crippen LogP contribution in [0.5, 0.6) is 0 Å². The number of pyridine rings is 1. The van der Waals surface area contributed by atoms with Crippen LogP contribution in [-0.2, 0) is 9.84 Å². The Morgan fingerprint density at radius 2 is 2.37 bits per heavy atom. The molecule has 0 aliphatic carbocycles. The van der Waals surface area contributed by atoms with Crippen LogP contribution in [0.25, 0.3) is 10.2 Å². The van der Waals surface area contributed by atoms with Crippen LogP contribution in [0.15, 0.2) is 23.7 Å². The predicted molar refractivity (Wildman–Crippen MR) is 78.2 cm³/mol. The number of aromatic nitrogens is 1. The highest BCUT2D eigenvalue weighted by Crippen LogP contribution is 2.23. The standard InChI is InChI=1S/C13H16N2O2S2/c1-9(15-11-3-5-19(16,17)8-11)10-6-13-12(14-7-10)2-4-18-13/h2,4,6-7,9,11,15H,3,5,8H2,1H3. The molecule has 4 nitrogen and oxygen atoms in total. The predicted octanol–water partition coefficient (Wildman–Crippen LogP) is 2.13. The molecule has 0 spiro atoms. The molecular formula is C13H16N2O2S2. The van der Waals surface area contributed by atoms with Crippen molar-refractivity contribution >= 4 is 31.4 Å². The second-order valence-electron chi connectivity index (χ2n) is 5.06. The van der Waals surface area contributed by atoms with Crippen LogP contribution in [0.1, 0.15) is 24.9 Å². The highest BCUT2D eigenvalue weighted by atomic mass is 32.2. The maximum atomic E-state index is 11.4. The number of hydrogen-bond donors (Lipinski definition) is 1. The summed E-state index contributed by atoms with van der Waals surface area (Å²) in [5.41, 5.74) is 2.13. The normalized spacial score (nSPS) is 23.7. The molecule has 3 heterocycles. The molecular weight excluding hydrogens is 280 g/mol. The minimum Gasteiger partial charge on any atom is -0.306 e. The molecule has 3 rings (SSSR count). The fourth-order valence-corrected chi connectivity index (χ4v) is 4.95. The molecule has 6 heteroatoms. The number of fused-ring (bicyclic) bond motifs is 1. The minimum atomic E-state index is -2.83. The Hall–Kier alpha value is -0.980. The Morgan fingerprint density at radius 1 is 1.53 bits per heavy atom. The molecule has 1 aliphatic rings. The van der Waals surface area contributed by atoms with E-state index in [1.165, 1.54) is 4.70 Å². The van der Waals surface area contributed by atoms with Gasteiger partial charge in [0.05, 0.1) is 21.7 Å². The van der Waals surface area contributed by atoms with E-state index < -0.39 is 9.84 Å². The summed E-state index contributed by atoms with van der Waals surface area (Å²) in [6.45, 7) is 2.06. The topological polar surface area (TPSA) is 59.1 Å². The summed E-state index contributed by atoms with van der Waals surface area (Å²) in [7, 11) is -2.83. The smallest absolute Gasteiger partial charge is 0.151 e. The summed E-state index contributed by atoms with van der Waals surface area (Å²) in [5.74, 6) is 0.561. The van der Waals surface area contributed by atoms with Gasteiger partial charge in [-0.25, -0.2) is 8.42 Å². The molecule has 1 fully saturated rings. The van der Waals surface area contributed by atoms with Gasteiger partial charge in [0, 0.05) is 18.3 Å². The zero-order valence-electron chi connectivity index (χ0n) is 10.7. The van der Waals surface area contributed by atoms with Crippen molar-refractivity contribution in [3.05, 3.63) is 29.3 Å². The van der Waals surface area contributed by atoms with E-state index in [1.807, 2.05) is 17.6 Å². The lowest BCUT2D eigenvalue weighted by Gasteiger charge is -2.18. The maximum Gasteiger partial charge on any atom is 0.151 e. The van der Waals surface area contributed by atoms with E-state index in [0.29, 0.717) is 12.2 Å². The van der Waals surface area contributed by atoms with Crippen LogP contribution in [0.3, 0.4) is 0 Å². The van der Waals surface area contributed by atoms with Crippen molar-refractivity contribution in [2.24, 2.45) is 0 Å². The van der Waals surface area contributed by atoms with E-state index in [1.54, 1.807) is 11.3 Å². The summed E-state index contributed by atoms with van der Waals surface area (Å²) in [6, 6.07) is 4.33. The van der Waals surface area contributed by atoms with E-state index >= 15 is 0 Å². The molecule has 1 aliphatic heterocycles. The second kappa shape index (κ2) is 4.85. The first-order valence-electron chi connectivity index (χ1n) is 6.33. The number of rotatable bonds is 3. The average molecular weight is 296 g/mol. The molecule has 2 aromatic rings. The van der Waals surface area contributed by atoms with Gasteiger partial charge in [0.2, 0.25) is 0 Å². The summed E-state index contributed by atoms with van der Waals surface area (Å²) in [6.07, 6.45) is 2.58. The molecule has 0 amide bonds. The monoisotopic (exact) mass is 296 g/mol. The number of nitrogens with one attached hydrogen (secondary N) is 1. The van der Waals surface area contributed by atoms with Crippen molar-refractivity contribution in [2.45, 2.75) is 25.4 Å². The first kappa shape index (κ1) is 13.0. The van der Waals surface area contributed by atoms with Gasteiger partial charge in [-0.3, -0.25) is 4.98 Å². The number of thiophene rings is 1. The van der Waals surface area contributed by atoms with Crippen LogP contribution in [0.4, 0.5) is 0 Å². The van der Waals surface area contributed by atoms with Gasteiger partial charge in [-0.05, 0) is 36.4 Å². The Kier molecular flexibility index (Phi) is 3.32. The lowest BCUT2D eigenvalue weighted by Crippen LogP contribution is -2.32. The van der Waals surface area contributed by atoms with Gasteiger partial charge >= 0.3 is 0 Å². The van der Waals surface area contributed by atoms with Crippen LogP contribution in [0, 0.1) is 0 Å². The number of nitrogens with zero attached hydrogens (tertiary/aromatic N) is 1. The first-order valence-corrected chi connectivity index (χ1v) is 9.03. The van der Waals surface area contributed by atoms with Gasteiger partial charge in [-0.2, -0.15) is 0 Å². The van der Waals surface area contributed by atoms with Gasteiger partial charge in [0.15, 0.2) is 9.84 Å². The number of hydrogen-bond acceptors (Lipinski definition) is 5. The molecule has 2 aromatic heterocycles. The van der Waals surface area contributed by atoms with E-state index in [2.05, 4.69) is 23.3 Å². The molecule has 0 bridgehead atoms.